The van der Waals surface area contributed by atoms with Crippen LogP contribution in [0.15, 0.2) is 0 Å². The molecule has 0 aromatic rings. The van der Waals surface area contributed by atoms with E-state index in [1.54, 1.807) is 0 Å². The number of unbranched alkanes of at least 4 members (excludes halogenated alkanes) is 10. The number of ether oxygens (including phenoxy) is 1. The monoisotopic (exact) mass is 456 g/mol. The molecule has 1 saturated heterocycles. The Hall–Kier alpha value is -0.430. The molecule has 31 heavy (non-hydrogen) atoms. The third-order valence-corrected chi connectivity index (χ3v) is 6.94. The van der Waals surface area contributed by atoms with Crippen molar-refractivity contribution in [3.63, 3.8) is 0 Å². The zero-order valence-corrected chi connectivity index (χ0v) is 20.7. The molecular weight excluding hydrogens is 408 g/mol. The molecule has 0 bridgehead atoms. The molecule has 1 atom stereocenters. The third-order valence-electron chi connectivity index (χ3n) is 5.99. The number of aldehydes is 2. The second-order valence-electron chi connectivity index (χ2n) is 8.84. The molecule has 0 saturated carbocycles. The predicted octanol–water partition coefficient (Wildman–Crippen LogP) is 5.56. The van der Waals surface area contributed by atoms with Gasteiger partial charge in [-0.3, -0.25) is 4.72 Å². The molecule has 1 fully saturated rings. The smallest absolute Gasteiger partial charge is 0.119 e. The molecule has 1 aliphatic rings. The van der Waals surface area contributed by atoms with Crippen molar-refractivity contribution in [2.45, 2.75) is 109 Å². The van der Waals surface area contributed by atoms with E-state index in [0.29, 0.717) is 6.10 Å². The van der Waals surface area contributed by atoms with Crippen LogP contribution in [0, 0.1) is 0 Å². The first-order valence-corrected chi connectivity index (χ1v) is 13.9. The van der Waals surface area contributed by atoms with Crippen LogP contribution < -0.4 is 4.72 Å². The van der Waals surface area contributed by atoms with E-state index >= 15 is 0 Å². The van der Waals surface area contributed by atoms with Gasteiger partial charge in [0.2, 0.25) is 0 Å². The van der Waals surface area contributed by atoms with Crippen LogP contribution in [-0.4, -0.2) is 62.1 Å². The largest absolute Gasteiger partial charge is 0.377 e. The summed E-state index contributed by atoms with van der Waals surface area (Å²) in [5.74, 6) is 1.07. The number of hydrogen-bond donors (Lipinski definition) is 1. The minimum absolute atomic E-state index is 0.445. The van der Waals surface area contributed by atoms with Crippen LogP contribution in [0.25, 0.3) is 0 Å². The van der Waals surface area contributed by atoms with Gasteiger partial charge in [0.15, 0.2) is 0 Å². The Balaban J connectivity index is 2.09. The summed E-state index contributed by atoms with van der Waals surface area (Å²) < 4.78 is 9.32. The van der Waals surface area contributed by atoms with Gasteiger partial charge in [0.1, 0.15) is 12.6 Å². The molecule has 6 heteroatoms. The van der Waals surface area contributed by atoms with Gasteiger partial charge in [0.25, 0.3) is 0 Å². The molecule has 0 aliphatic carbocycles. The van der Waals surface area contributed by atoms with Crippen LogP contribution in [0.4, 0.5) is 0 Å². The maximum absolute atomic E-state index is 10.4. The van der Waals surface area contributed by atoms with Crippen molar-refractivity contribution in [2.75, 3.05) is 38.5 Å². The fourth-order valence-corrected chi connectivity index (χ4v) is 4.92. The van der Waals surface area contributed by atoms with E-state index in [0.717, 1.165) is 57.2 Å². The van der Waals surface area contributed by atoms with Crippen LogP contribution in [0.1, 0.15) is 103 Å². The highest BCUT2D eigenvalue weighted by atomic mass is 32.2. The van der Waals surface area contributed by atoms with E-state index in [9.17, 15) is 9.59 Å². The molecule has 0 radical (unpaired) electrons. The van der Waals surface area contributed by atoms with Crippen molar-refractivity contribution < 1.29 is 14.3 Å². The Labute approximate surface area is 195 Å². The van der Waals surface area contributed by atoms with E-state index in [4.69, 9.17) is 4.74 Å². The number of nitrogens with one attached hydrogen (secondary N) is 1. The van der Waals surface area contributed by atoms with Crippen molar-refractivity contribution in [1.29, 1.82) is 0 Å². The zero-order chi connectivity index (χ0) is 22.2. The lowest BCUT2D eigenvalue weighted by atomic mass is 10.1. The van der Waals surface area contributed by atoms with Crippen LogP contribution in [0.5, 0.6) is 0 Å². The van der Waals surface area contributed by atoms with Crippen molar-refractivity contribution >= 4 is 24.5 Å². The van der Waals surface area contributed by atoms with Crippen molar-refractivity contribution in [2.24, 2.45) is 0 Å². The SMILES string of the molecule is O=CCCCCCCCN(CCCCCCCC=O)CCCNSCC1CCCCO1. The fourth-order valence-electron chi connectivity index (χ4n) is 4.06. The van der Waals surface area contributed by atoms with Gasteiger partial charge in [0, 0.05) is 31.7 Å². The van der Waals surface area contributed by atoms with Crippen molar-refractivity contribution in [3.05, 3.63) is 0 Å². The van der Waals surface area contributed by atoms with Gasteiger partial charge in [-0.15, -0.1) is 0 Å². The summed E-state index contributed by atoms with van der Waals surface area (Å²) in [6, 6.07) is 0. The Kier molecular flexibility index (Phi) is 21.0. The molecule has 0 aromatic carbocycles. The third kappa shape index (κ3) is 18.8. The van der Waals surface area contributed by atoms with Crippen molar-refractivity contribution in [1.82, 2.24) is 9.62 Å². The van der Waals surface area contributed by atoms with Crippen LogP contribution >= 0.6 is 11.9 Å². The summed E-state index contributed by atoms with van der Waals surface area (Å²) in [5, 5.41) is 0. The van der Waals surface area contributed by atoms with Gasteiger partial charge in [-0.2, -0.15) is 0 Å². The number of carbonyl (C=O) groups is 2. The second kappa shape index (κ2) is 22.8. The van der Waals surface area contributed by atoms with E-state index < -0.39 is 0 Å². The van der Waals surface area contributed by atoms with Crippen LogP contribution in [0.3, 0.4) is 0 Å². The van der Waals surface area contributed by atoms with E-state index in [2.05, 4.69) is 9.62 Å². The molecule has 1 unspecified atom stereocenters. The summed E-state index contributed by atoms with van der Waals surface area (Å²) in [6.45, 7) is 5.56. The Morgan fingerprint density at radius 1 is 0.774 bits per heavy atom. The molecule has 1 N–H and O–H groups in total. The fraction of sp³-hybridized carbons (Fsp3) is 0.920. The molecular formula is C25H48N2O3S. The topological polar surface area (TPSA) is 58.6 Å². The Bertz CT molecular complexity index is 384. The molecule has 1 rings (SSSR count). The average Bonchev–Trinajstić information content (AvgIpc) is 2.80. The number of carbonyl (C=O) groups excluding carboxylic acids is 2. The number of nitrogens with zero attached hydrogens (tertiary/aromatic N) is 1. The van der Waals surface area contributed by atoms with Gasteiger partial charge in [-0.1, -0.05) is 50.5 Å². The quantitative estimate of drug-likeness (QED) is 0.123. The minimum atomic E-state index is 0.445. The van der Waals surface area contributed by atoms with Crippen LogP contribution in [0.2, 0.25) is 0 Å². The summed E-state index contributed by atoms with van der Waals surface area (Å²) in [6.07, 6.45) is 20.9. The van der Waals surface area contributed by atoms with Crippen LogP contribution in [-0.2, 0) is 14.3 Å². The number of rotatable bonds is 23. The second-order valence-corrected chi connectivity index (χ2v) is 9.75. The van der Waals surface area contributed by atoms with E-state index in [1.807, 2.05) is 11.9 Å². The predicted molar refractivity (Wildman–Crippen MR) is 133 cm³/mol. The minimum Gasteiger partial charge on any atom is -0.377 e. The molecule has 1 aliphatic heterocycles. The Morgan fingerprint density at radius 3 is 1.94 bits per heavy atom. The molecule has 1 heterocycles. The summed E-state index contributed by atoms with van der Waals surface area (Å²) in [7, 11) is 0. The lowest BCUT2D eigenvalue weighted by Crippen LogP contribution is -2.29. The standard InChI is InChI=1S/C25H48N2O3S/c28-21-12-7-3-1-5-10-18-27(19-11-6-2-4-8-13-22-29)20-15-17-26-31-24-25-16-9-14-23-30-25/h21-22,25-26H,1-20,23-24H2. The van der Waals surface area contributed by atoms with Gasteiger partial charge in [-0.25, -0.2) is 0 Å². The molecule has 0 spiro atoms. The van der Waals surface area contributed by atoms with Gasteiger partial charge in [-0.05, 0) is 71.0 Å². The van der Waals surface area contributed by atoms with Gasteiger partial charge < -0.3 is 19.2 Å². The Morgan fingerprint density at radius 2 is 1.35 bits per heavy atom. The molecule has 182 valence electrons. The maximum Gasteiger partial charge on any atom is 0.119 e. The van der Waals surface area contributed by atoms with E-state index in [-0.39, 0.29) is 0 Å². The first-order chi connectivity index (χ1) is 15.4. The highest BCUT2D eigenvalue weighted by molar-refractivity contribution is 7.97. The van der Waals surface area contributed by atoms with Gasteiger partial charge >= 0.3 is 0 Å². The van der Waals surface area contributed by atoms with Crippen molar-refractivity contribution in [3.8, 4) is 0 Å². The van der Waals surface area contributed by atoms with Gasteiger partial charge in [0.05, 0.1) is 6.10 Å². The lowest BCUT2D eigenvalue weighted by Gasteiger charge is -2.23. The normalized spacial score (nSPS) is 16.6. The molecule has 5 nitrogen and oxygen atoms in total. The summed E-state index contributed by atoms with van der Waals surface area (Å²) >= 11 is 1.83. The highest BCUT2D eigenvalue weighted by Gasteiger charge is 2.13. The zero-order valence-electron chi connectivity index (χ0n) is 19.9. The molecule has 0 aromatic heterocycles. The first-order valence-electron chi connectivity index (χ1n) is 12.9. The lowest BCUT2D eigenvalue weighted by molar-refractivity contribution is -0.108. The first kappa shape index (κ1) is 28.6. The molecule has 0 amide bonds. The van der Waals surface area contributed by atoms with E-state index in [1.165, 1.54) is 96.7 Å². The average molecular weight is 457 g/mol. The number of hydrogen-bond acceptors (Lipinski definition) is 6. The summed E-state index contributed by atoms with van der Waals surface area (Å²) in [4.78, 5) is 23.4. The summed E-state index contributed by atoms with van der Waals surface area (Å²) in [5.41, 5.74) is 0. The highest BCUT2D eigenvalue weighted by Crippen LogP contribution is 2.16. The maximum atomic E-state index is 10.4.